The minimum Gasteiger partial charge on any atom is -0.395 e. The van der Waals surface area contributed by atoms with E-state index in [0.29, 0.717) is 6.54 Å². The third-order valence-corrected chi connectivity index (χ3v) is 3.19. The van der Waals surface area contributed by atoms with E-state index in [2.05, 4.69) is 49.8 Å². The Kier molecular flexibility index (Phi) is 5.74. The molecule has 20 heavy (non-hydrogen) atoms. The van der Waals surface area contributed by atoms with E-state index < -0.39 is 0 Å². The first kappa shape index (κ1) is 16.7. The normalized spacial score (nSPS) is 11.6. The summed E-state index contributed by atoms with van der Waals surface area (Å²) in [6, 6.07) is 0. The van der Waals surface area contributed by atoms with Crippen LogP contribution < -0.4 is 10.2 Å². The van der Waals surface area contributed by atoms with E-state index in [1.54, 1.807) is 0 Å². The van der Waals surface area contributed by atoms with Gasteiger partial charge in [0.1, 0.15) is 17.5 Å². The maximum Gasteiger partial charge on any atom is 0.138 e. The van der Waals surface area contributed by atoms with Crippen LogP contribution in [-0.2, 0) is 5.41 Å². The van der Waals surface area contributed by atoms with Gasteiger partial charge in [0.15, 0.2) is 0 Å². The molecule has 0 aromatic carbocycles. The average Bonchev–Trinajstić information content (AvgIpc) is 2.37. The number of aliphatic hydroxyl groups is 1. The first-order valence-electron chi connectivity index (χ1n) is 7.33. The minimum absolute atomic E-state index is 0.106. The van der Waals surface area contributed by atoms with Crippen molar-refractivity contribution in [2.24, 2.45) is 0 Å². The molecule has 0 aliphatic heterocycles. The Hall–Kier alpha value is -1.36. The zero-order chi connectivity index (χ0) is 15.3. The van der Waals surface area contributed by atoms with Gasteiger partial charge in [-0.1, -0.05) is 20.8 Å². The summed E-state index contributed by atoms with van der Waals surface area (Å²) in [5.41, 5.74) is 0.931. The molecule has 0 bridgehead atoms. The molecule has 0 aliphatic rings. The van der Waals surface area contributed by atoms with Crippen LogP contribution in [0.15, 0.2) is 0 Å². The number of rotatable bonds is 6. The second-order valence-electron chi connectivity index (χ2n) is 5.93. The van der Waals surface area contributed by atoms with Gasteiger partial charge >= 0.3 is 0 Å². The van der Waals surface area contributed by atoms with Crippen molar-refractivity contribution in [1.29, 1.82) is 0 Å². The molecular weight excluding hydrogens is 252 g/mol. The Labute approximate surface area is 122 Å². The topological polar surface area (TPSA) is 61.3 Å². The van der Waals surface area contributed by atoms with Crippen molar-refractivity contribution in [3.8, 4) is 0 Å². The van der Waals surface area contributed by atoms with Crippen molar-refractivity contribution in [1.82, 2.24) is 9.97 Å². The van der Waals surface area contributed by atoms with Gasteiger partial charge in [-0.25, -0.2) is 9.97 Å². The summed E-state index contributed by atoms with van der Waals surface area (Å²) in [6.07, 6.45) is 0. The van der Waals surface area contributed by atoms with E-state index in [0.717, 1.165) is 36.1 Å². The van der Waals surface area contributed by atoms with Crippen molar-refractivity contribution >= 4 is 11.6 Å². The molecule has 1 rings (SSSR count). The third kappa shape index (κ3) is 3.82. The fourth-order valence-electron chi connectivity index (χ4n) is 2.02. The fraction of sp³-hybridized carbons (Fsp3) is 0.733. The van der Waals surface area contributed by atoms with Crippen LogP contribution in [0.3, 0.4) is 0 Å². The Morgan fingerprint density at radius 3 is 2.30 bits per heavy atom. The number of hydrogen-bond acceptors (Lipinski definition) is 5. The van der Waals surface area contributed by atoms with E-state index in [4.69, 9.17) is 4.98 Å². The number of hydrogen-bond donors (Lipinski definition) is 2. The van der Waals surface area contributed by atoms with E-state index in [9.17, 15) is 5.11 Å². The first-order valence-corrected chi connectivity index (χ1v) is 7.33. The highest BCUT2D eigenvalue weighted by Crippen LogP contribution is 2.28. The zero-order valence-corrected chi connectivity index (χ0v) is 13.6. The van der Waals surface area contributed by atoms with Crippen LogP contribution in [0, 0.1) is 6.92 Å². The number of aliphatic hydroxyl groups excluding tert-OH is 1. The molecule has 2 N–H and O–H groups in total. The highest BCUT2D eigenvalue weighted by atomic mass is 16.3. The SMILES string of the molecule is CCNc1nc(C(C)(C)C)nc(N(CC)CCO)c1C. The lowest BCUT2D eigenvalue weighted by molar-refractivity contribution is 0.302. The maximum atomic E-state index is 9.22. The summed E-state index contributed by atoms with van der Waals surface area (Å²) in [4.78, 5) is 11.5. The van der Waals surface area contributed by atoms with Crippen LogP contribution in [0.2, 0.25) is 0 Å². The molecule has 0 spiro atoms. The molecule has 0 saturated carbocycles. The Morgan fingerprint density at radius 2 is 1.85 bits per heavy atom. The van der Waals surface area contributed by atoms with E-state index >= 15 is 0 Å². The molecule has 0 saturated heterocycles. The fourth-order valence-corrected chi connectivity index (χ4v) is 2.02. The number of nitrogens with zero attached hydrogens (tertiary/aromatic N) is 3. The van der Waals surface area contributed by atoms with Gasteiger partial charge in [0, 0.05) is 30.6 Å². The van der Waals surface area contributed by atoms with E-state index in [1.165, 1.54) is 0 Å². The predicted molar refractivity (Wildman–Crippen MR) is 84.6 cm³/mol. The molecule has 0 unspecified atom stereocenters. The predicted octanol–water partition coefficient (Wildman–Crippen LogP) is 2.33. The highest BCUT2D eigenvalue weighted by molar-refractivity contribution is 5.59. The molecule has 1 heterocycles. The molecule has 0 fully saturated rings. The summed E-state index contributed by atoms with van der Waals surface area (Å²) in [7, 11) is 0. The molecule has 5 nitrogen and oxygen atoms in total. The second kappa shape index (κ2) is 6.88. The maximum absolute atomic E-state index is 9.22. The van der Waals surface area contributed by atoms with Crippen LogP contribution in [0.4, 0.5) is 11.6 Å². The van der Waals surface area contributed by atoms with Gasteiger partial charge in [-0.2, -0.15) is 0 Å². The standard InChI is InChI=1S/C15H28N4O/c1-7-16-12-11(3)13(19(8-2)9-10-20)18-14(17-12)15(4,5)6/h20H,7-10H2,1-6H3,(H,16,17,18). The lowest BCUT2D eigenvalue weighted by Gasteiger charge is -2.27. The number of likely N-dealkylation sites (N-methyl/N-ethyl adjacent to an activating group) is 1. The van der Waals surface area contributed by atoms with Gasteiger partial charge in [0.25, 0.3) is 0 Å². The van der Waals surface area contributed by atoms with Gasteiger partial charge in [-0.3, -0.25) is 0 Å². The molecule has 0 aliphatic carbocycles. The lowest BCUT2D eigenvalue weighted by atomic mass is 9.95. The average molecular weight is 280 g/mol. The quantitative estimate of drug-likeness (QED) is 0.837. The molecule has 0 amide bonds. The molecule has 0 radical (unpaired) electrons. The van der Waals surface area contributed by atoms with Gasteiger partial charge in [0.2, 0.25) is 0 Å². The largest absolute Gasteiger partial charge is 0.395 e. The number of anilines is 2. The van der Waals surface area contributed by atoms with Gasteiger partial charge in [-0.05, 0) is 20.8 Å². The summed E-state index contributed by atoms with van der Waals surface area (Å²) >= 11 is 0. The molecule has 5 heteroatoms. The van der Waals surface area contributed by atoms with Crippen molar-refractivity contribution in [3.05, 3.63) is 11.4 Å². The molecule has 114 valence electrons. The van der Waals surface area contributed by atoms with Crippen LogP contribution >= 0.6 is 0 Å². The lowest BCUT2D eigenvalue weighted by Crippen LogP contribution is -2.30. The van der Waals surface area contributed by atoms with Crippen molar-refractivity contribution in [3.63, 3.8) is 0 Å². The Morgan fingerprint density at radius 1 is 1.20 bits per heavy atom. The smallest absolute Gasteiger partial charge is 0.138 e. The Bertz CT molecular complexity index is 440. The van der Waals surface area contributed by atoms with Crippen LogP contribution in [0.5, 0.6) is 0 Å². The van der Waals surface area contributed by atoms with Gasteiger partial charge in [-0.15, -0.1) is 0 Å². The van der Waals surface area contributed by atoms with E-state index in [1.807, 2.05) is 6.92 Å². The van der Waals surface area contributed by atoms with Gasteiger partial charge in [0.05, 0.1) is 6.61 Å². The number of aromatic nitrogens is 2. The van der Waals surface area contributed by atoms with Crippen LogP contribution in [0.1, 0.15) is 46.0 Å². The highest BCUT2D eigenvalue weighted by Gasteiger charge is 2.22. The third-order valence-electron chi connectivity index (χ3n) is 3.19. The Balaban J connectivity index is 3.36. The van der Waals surface area contributed by atoms with Gasteiger partial charge < -0.3 is 15.3 Å². The number of nitrogens with one attached hydrogen (secondary N) is 1. The summed E-state index contributed by atoms with van der Waals surface area (Å²) in [5.74, 6) is 2.63. The molecule has 0 atom stereocenters. The summed E-state index contributed by atoms with van der Waals surface area (Å²) in [5, 5.41) is 12.5. The molecule has 1 aromatic heterocycles. The summed E-state index contributed by atoms with van der Waals surface area (Å²) in [6.45, 7) is 14.8. The van der Waals surface area contributed by atoms with Crippen LogP contribution in [-0.4, -0.2) is 41.3 Å². The minimum atomic E-state index is -0.106. The van der Waals surface area contributed by atoms with Crippen LogP contribution in [0.25, 0.3) is 0 Å². The van der Waals surface area contributed by atoms with E-state index in [-0.39, 0.29) is 12.0 Å². The molecular formula is C15H28N4O. The molecule has 1 aromatic rings. The summed E-state index contributed by atoms with van der Waals surface area (Å²) < 4.78 is 0. The van der Waals surface area contributed by atoms with Crippen molar-refractivity contribution < 1.29 is 5.11 Å². The van der Waals surface area contributed by atoms with Crippen molar-refractivity contribution in [2.75, 3.05) is 36.5 Å². The zero-order valence-electron chi connectivity index (χ0n) is 13.6. The first-order chi connectivity index (χ1) is 9.35. The monoisotopic (exact) mass is 280 g/mol. The second-order valence-corrected chi connectivity index (χ2v) is 5.93. The van der Waals surface area contributed by atoms with Crippen molar-refractivity contribution in [2.45, 2.75) is 47.0 Å².